The fourth-order valence-electron chi connectivity index (χ4n) is 1.71. The maximum atomic E-state index is 11.3. The number of rotatable bonds is 4. The number of hydrogen-bond acceptors (Lipinski definition) is 4. The number of imidazole rings is 1. The first kappa shape index (κ1) is 12.0. The molecular formula is C12H15N5O. The average molecular weight is 245 g/mol. The molecule has 1 heterocycles. The van der Waals surface area contributed by atoms with Crippen LogP contribution in [0.15, 0.2) is 30.6 Å². The van der Waals surface area contributed by atoms with Gasteiger partial charge in [-0.1, -0.05) is 0 Å². The van der Waals surface area contributed by atoms with Crippen LogP contribution in [-0.2, 0) is 0 Å². The summed E-state index contributed by atoms with van der Waals surface area (Å²) in [6, 6.07) is 4.84. The fraction of sp³-hybridized carbons (Fsp3) is 0.167. The summed E-state index contributed by atoms with van der Waals surface area (Å²) in [6.07, 6.45) is 3.41. The van der Waals surface area contributed by atoms with E-state index in [4.69, 9.17) is 11.5 Å². The van der Waals surface area contributed by atoms with Crippen molar-refractivity contribution in [2.24, 2.45) is 5.73 Å². The van der Waals surface area contributed by atoms with Crippen molar-refractivity contribution in [1.82, 2.24) is 9.97 Å². The van der Waals surface area contributed by atoms with E-state index in [1.165, 1.54) is 0 Å². The monoisotopic (exact) mass is 245 g/mol. The number of anilines is 2. The fourth-order valence-corrected chi connectivity index (χ4v) is 1.71. The van der Waals surface area contributed by atoms with Crippen molar-refractivity contribution in [3.8, 4) is 0 Å². The van der Waals surface area contributed by atoms with Crippen molar-refractivity contribution in [3.05, 3.63) is 42.0 Å². The van der Waals surface area contributed by atoms with Crippen LogP contribution in [0.25, 0.3) is 0 Å². The molecule has 94 valence electrons. The van der Waals surface area contributed by atoms with Crippen LogP contribution in [0.4, 0.5) is 11.4 Å². The first-order valence-electron chi connectivity index (χ1n) is 5.53. The standard InChI is InChI=1S/C12H15N5O/c1-7(12-15-4-5-16-12)17-10-6-8(13)2-3-9(10)11(14)18/h2-7,17H,13H2,1H3,(H2,14,18)(H,15,16). The van der Waals surface area contributed by atoms with Crippen molar-refractivity contribution in [2.45, 2.75) is 13.0 Å². The van der Waals surface area contributed by atoms with Gasteiger partial charge >= 0.3 is 0 Å². The second-order valence-electron chi connectivity index (χ2n) is 4.01. The molecule has 0 aliphatic carbocycles. The van der Waals surface area contributed by atoms with E-state index in [1.54, 1.807) is 30.6 Å². The van der Waals surface area contributed by atoms with Crippen molar-refractivity contribution >= 4 is 17.3 Å². The Bertz CT molecular complexity index is 550. The van der Waals surface area contributed by atoms with E-state index < -0.39 is 5.91 Å². The van der Waals surface area contributed by atoms with Gasteiger partial charge in [-0.15, -0.1) is 0 Å². The smallest absolute Gasteiger partial charge is 0.250 e. The Hall–Kier alpha value is -2.50. The van der Waals surface area contributed by atoms with Crippen LogP contribution in [0.2, 0.25) is 0 Å². The normalized spacial score (nSPS) is 12.1. The molecule has 0 spiro atoms. The van der Waals surface area contributed by atoms with E-state index in [0.29, 0.717) is 16.9 Å². The summed E-state index contributed by atoms with van der Waals surface area (Å²) >= 11 is 0. The third-order valence-corrected chi connectivity index (χ3v) is 2.61. The molecule has 2 rings (SSSR count). The van der Waals surface area contributed by atoms with Crippen molar-refractivity contribution in [3.63, 3.8) is 0 Å². The number of nitrogens with zero attached hydrogens (tertiary/aromatic N) is 1. The number of amides is 1. The number of aromatic nitrogens is 2. The predicted octanol–water partition coefficient (Wildman–Crippen LogP) is 1.26. The molecule has 0 saturated heterocycles. The average Bonchev–Trinajstić information content (AvgIpc) is 2.81. The van der Waals surface area contributed by atoms with Crippen LogP contribution in [0.5, 0.6) is 0 Å². The Kier molecular flexibility index (Phi) is 3.18. The molecule has 6 N–H and O–H groups in total. The summed E-state index contributed by atoms with van der Waals surface area (Å²) in [5, 5.41) is 3.16. The molecule has 0 aliphatic heterocycles. The zero-order valence-corrected chi connectivity index (χ0v) is 9.97. The minimum Gasteiger partial charge on any atom is -0.399 e. The van der Waals surface area contributed by atoms with Gasteiger partial charge in [-0.2, -0.15) is 0 Å². The summed E-state index contributed by atoms with van der Waals surface area (Å²) in [5.74, 6) is 0.275. The van der Waals surface area contributed by atoms with Crippen LogP contribution in [0.1, 0.15) is 29.1 Å². The number of H-pyrrole nitrogens is 1. The van der Waals surface area contributed by atoms with Gasteiger partial charge in [0.1, 0.15) is 5.82 Å². The molecule has 1 aromatic heterocycles. The van der Waals surface area contributed by atoms with Crippen LogP contribution >= 0.6 is 0 Å². The van der Waals surface area contributed by atoms with E-state index >= 15 is 0 Å². The second-order valence-corrected chi connectivity index (χ2v) is 4.01. The molecule has 2 aromatic rings. The summed E-state index contributed by atoms with van der Waals surface area (Å²) in [7, 11) is 0. The number of carbonyl (C=O) groups excluding carboxylic acids is 1. The van der Waals surface area contributed by atoms with Crippen molar-refractivity contribution in [2.75, 3.05) is 11.1 Å². The zero-order valence-electron chi connectivity index (χ0n) is 9.97. The lowest BCUT2D eigenvalue weighted by atomic mass is 10.1. The van der Waals surface area contributed by atoms with Crippen LogP contribution in [-0.4, -0.2) is 15.9 Å². The van der Waals surface area contributed by atoms with E-state index in [1.807, 2.05) is 6.92 Å². The Morgan fingerprint density at radius 1 is 1.50 bits per heavy atom. The van der Waals surface area contributed by atoms with Crippen molar-refractivity contribution < 1.29 is 4.79 Å². The maximum absolute atomic E-state index is 11.3. The van der Waals surface area contributed by atoms with Crippen LogP contribution in [0.3, 0.4) is 0 Å². The molecule has 0 radical (unpaired) electrons. The summed E-state index contributed by atoms with van der Waals surface area (Å²) in [6.45, 7) is 1.92. The highest BCUT2D eigenvalue weighted by Gasteiger charge is 2.13. The molecule has 0 saturated carbocycles. The minimum absolute atomic E-state index is 0.0834. The largest absolute Gasteiger partial charge is 0.399 e. The Morgan fingerprint density at radius 2 is 2.28 bits per heavy atom. The molecule has 6 nitrogen and oxygen atoms in total. The number of carbonyl (C=O) groups is 1. The molecule has 1 atom stereocenters. The summed E-state index contributed by atoms with van der Waals surface area (Å²) in [5.41, 5.74) is 12.6. The highest BCUT2D eigenvalue weighted by atomic mass is 16.1. The quantitative estimate of drug-likeness (QED) is 0.608. The van der Waals surface area contributed by atoms with E-state index in [0.717, 1.165) is 5.82 Å². The van der Waals surface area contributed by atoms with Gasteiger partial charge in [0.05, 0.1) is 11.6 Å². The Labute approximate surface area is 104 Å². The summed E-state index contributed by atoms with van der Waals surface area (Å²) < 4.78 is 0. The third kappa shape index (κ3) is 2.42. The highest BCUT2D eigenvalue weighted by molar-refractivity contribution is 5.99. The molecule has 18 heavy (non-hydrogen) atoms. The zero-order chi connectivity index (χ0) is 13.1. The van der Waals surface area contributed by atoms with Gasteiger partial charge in [0.2, 0.25) is 0 Å². The molecule has 1 unspecified atom stereocenters. The number of nitrogens with two attached hydrogens (primary N) is 2. The number of hydrogen-bond donors (Lipinski definition) is 4. The van der Waals surface area contributed by atoms with Gasteiger partial charge < -0.3 is 21.8 Å². The number of primary amides is 1. The van der Waals surface area contributed by atoms with Crippen LogP contribution in [0, 0.1) is 0 Å². The number of aromatic amines is 1. The first-order valence-corrected chi connectivity index (χ1v) is 5.53. The first-order chi connectivity index (χ1) is 8.58. The van der Waals surface area contributed by atoms with Gasteiger partial charge in [0, 0.05) is 23.8 Å². The molecule has 0 bridgehead atoms. The second kappa shape index (κ2) is 4.79. The molecule has 1 aromatic carbocycles. The van der Waals surface area contributed by atoms with E-state index in [2.05, 4.69) is 15.3 Å². The van der Waals surface area contributed by atoms with Gasteiger partial charge in [0.15, 0.2) is 0 Å². The Balaban J connectivity index is 2.28. The SMILES string of the molecule is CC(Nc1cc(N)ccc1C(N)=O)c1ncc[nH]1. The molecular weight excluding hydrogens is 230 g/mol. The highest BCUT2D eigenvalue weighted by Crippen LogP contribution is 2.23. The topological polar surface area (TPSA) is 110 Å². The minimum atomic E-state index is -0.496. The number of benzene rings is 1. The van der Waals surface area contributed by atoms with E-state index in [-0.39, 0.29) is 6.04 Å². The molecule has 1 amide bonds. The van der Waals surface area contributed by atoms with Crippen molar-refractivity contribution in [1.29, 1.82) is 0 Å². The molecule has 0 fully saturated rings. The summed E-state index contributed by atoms with van der Waals surface area (Å²) in [4.78, 5) is 18.5. The predicted molar refractivity (Wildman–Crippen MR) is 70.0 cm³/mol. The van der Waals surface area contributed by atoms with Gasteiger partial charge in [-0.25, -0.2) is 4.98 Å². The lowest BCUT2D eigenvalue weighted by molar-refractivity contribution is 0.100. The number of nitrogens with one attached hydrogen (secondary N) is 2. The van der Waals surface area contributed by atoms with Gasteiger partial charge in [-0.05, 0) is 25.1 Å². The van der Waals surface area contributed by atoms with E-state index in [9.17, 15) is 4.79 Å². The Morgan fingerprint density at radius 3 is 2.89 bits per heavy atom. The molecule has 6 heteroatoms. The lowest BCUT2D eigenvalue weighted by Crippen LogP contribution is -2.16. The lowest BCUT2D eigenvalue weighted by Gasteiger charge is -2.15. The van der Waals surface area contributed by atoms with Gasteiger partial charge in [-0.3, -0.25) is 4.79 Å². The van der Waals surface area contributed by atoms with Gasteiger partial charge in [0.25, 0.3) is 5.91 Å². The van der Waals surface area contributed by atoms with Crippen LogP contribution < -0.4 is 16.8 Å². The molecule has 0 aliphatic rings. The number of nitrogen functional groups attached to an aromatic ring is 1. The maximum Gasteiger partial charge on any atom is 0.250 e. The third-order valence-electron chi connectivity index (χ3n) is 2.61.